The van der Waals surface area contributed by atoms with E-state index in [1.807, 2.05) is 0 Å². The van der Waals surface area contributed by atoms with E-state index < -0.39 is 55.3 Å². The van der Waals surface area contributed by atoms with Crippen LogP contribution in [-0.4, -0.2) is 111 Å². The standard InChI is InChI=1S/C32H50O11/c1-16(34)20-6-7-21-19-5-4-17-12-18(8-10-30(17,2)22(19)9-11-31(20,21)3)42-28-26(37)25(36)24(35)23(43-28)13-40-29-27(38)32(39,14-33)15-41-29/h4,18-29,33,35-39H,5-15H2,1-3H3. The third kappa shape index (κ3) is 5.25. The number of carbonyl (C=O) groups excluding carboxylic acids is 1. The summed E-state index contributed by atoms with van der Waals surface area (Å²) in [5.41, 5.74) is -0.303. The van der Waals surface area contributed by atoms with E-state index in [0.717, 1.165) is 44.9 Å². The SMILES string of the molecule is CC(=O)C1CCC2C3CC=C4CC(OC5OC(COC6OCC(O)(CO)C6O)C(O)C(O)C5O)CCC4(C)C3CCC12C. The third-order valence-electron chi connectivity index (χ3n) is 12.5. The van der Waals surface area contributed by atoms with Crippen molar-refractivity contribution < 1.29 is 54.4 Å². The summed E-state index contributed by atoms with van der Waals surface area (Å²) in [4.78, 5) is 12.5. The van der Waals surface area contributed by atoms with Gasteiger partial charge in [-0.2, -0.15) is 0 Å². The van der Waals surface area contributed by atoms with Gasteiger partial charge in [0, 0.05) is 5.92 Å². The van der Waals surface area contributed by atoms with Crippen molar-refractivity contribution in [2.24, 2.45) is 34.5 Å². The molecule has 15 unspecified atom stereocenters. The molecule has 0 amide bonds. The molecule has 6 N–H and O–H groups in total. The van der Waals surface area contributed by atoms with Gasteiger partial charge in [-0.25, -0.2) is 0 Å². The summed E-state index contributed by atoms with van der Waals surface area (Å²) >= 11 is 0. The fourth-order valence-electron chi connectivity index (χ4n) is 9.89. The van der Waals surface area contributed by atoms with Crippen molar-refractivity contribution >= 4 is 5.78 Å². The molecule has 4 aliphatic carbocycles. The Morgan fingerprint density at radius 1 is 1.00 bits per heavy atom. The molecule has 0 aromatic heterocycles. The minimum Gasteiger partial charge on any atom is -0.393 e. The second-order valence-electron chi connectivity index (χ2n) is 14.8. The minimum absolute atomic E-state index is 0.0646. The maximum atomic E-state index is 12.5. The molecule has 244 valence electrons. The summed E-state index contributed by atoms with van der Waals surface area (Å²) in [6.07, 6.45) is 0.421. The van der Waals surface area contributed by atoms with Gasteiger partial charge in [0.15, 0.2) is 12.6 Å². The molecule has 2 aliphatic heterocycles. The number of rotatable bonds is 7. The quantitative estimate of drug-likeness (QED) is 0.225. The summed E-state index contributed by atoms with van der Waals surface area (Å²) in [7, 11) is 0. The second kappa shape index (κ2) is 11.7. The van der Waals surface area contributed by atoms with Crippen LogP contribution in [0, 0.1) is 34.5 Å². The van der Waals surface area contributed by atoms with Gasteiger partial charge in [-0.05, 0) is 86.9 Å². The van der Waals surface area contributed by atoms with Crippen molar-refractivity contribution in [1.29, 1.82) is 0 Å². The Labute approximate surface area is 253 Å². The zero-order chi connectivity index (χ0) is 30.9. The zero-order valence-corrected chi connectivity index (χ0v) is 25.5. The molecule has 5 fully saturated rings. The Hall–Kier alpha value is -0.990. The van der Waals surface area contributed by atoms with Crippen LogP contribution in [0.3, 0.4) is 0 Å². The number of allylic oxidation sites excluding steroid dienone is 1. The summed E-state index contributed by atoms with van der Waals surface area (Å²) in [5, 5.41) is 61.6. The molecule has 0 aromatic rings. The lowest BCUT2D eigenvalue weighted by molar-refractivity contribution is -0.320. The number of carbonyl (C=O) groups is 1. The highest BCUT2D eigenvalue weighted by atomic mass is 16.7. The number of hydrogen-bond acceptors (Lipinski definition) is 11. The number of Topliss-reactive ketones (excluding diaryl/α,β-unsaturated/α-hetero) is 1. The molecule has 0 bridgehead atoms. The van der Waals surface area contributed by atoms with Crippen LogP contribution in [0.1, 0.15) is 72.1 Å². The number of ketones is 1. The van der Waals surface area contributed by atoms with E-state index in [1.54, 1.807) is 6.92 Å². The first-order valence-corrected chi connectivity index (χ1v) is 16.1. The van der Waals surface area contributed by atoms with E-state index in [4.69, 9.17) is 18.9 Å². The van der Waals surface area contributed by atoms with Crippen LogP contribution in [0.4, 0.5) is 0 Å². The Balaban J connectivity index is 1.09. The molecular formula is C32H50O11. The van der Waals surface area contributed by atoms with Crippen molar-refractivity contribution in [3.05, 3.63) is 11.6 Å². The van der Waals surface area contributed by atoms with Gasteiger partial charge in [0.2, 0.25) is 0 Å². The van der Waals surface area contributed by atoms with Crippen LogP contribution < -0.4 is 0 Å². The van der Waals surface area contributed by atoms with Crippen molar-refractivity contribution in [2.45, 2.75) is 127 Å². The monoisotopic (exact) mass is 610 g/mol. The highest BCUT2D eigenvalue weighted by Crippen LogP contribution is 2.66. The zero-order valence-electron chi connectivity index (χ0n) is 25.5. The lowest BCUT2D eigenvalue weighted by Gasteiger charge is -2.58. The molecule has 15 atom stereocenters. The van der Waals surface area contributed by atoms with E-state index >= 15 is 0 Å². The van der Waals surface area contributed by atoms with Gasteiger partial charge < -0.3 is 49.6 Å². The first-order chi connectivity index (χ1) is 20.3. The lowest BCUT2D eigenvalue weighted by atomic mass is 9.47. The summed E-state index contributed by atoms with van der Waals surface area (Å²) in [5.74, 6) is 2.27. The predicted molar refractivity (Wildman–Crippen MR) is 151 cm³/mol. The Kier molecular flexibility index (Phi) is 8.68. The van der Waals surface area contributed by atoms with Crippen molar-refractivity contribution in [1.82, 2.24) is 0 Å². The van der Waals surface area contributed by atoms with Gasteiger partial charge in [0.05, 0.1) is 25.9 Å². The highest BCUT2D eigenvalue weighted by molar-refractivity contribution is 5.79. The van der Waals surface area contributed by atoms with Crippen molar-refractivity contribution in [2.75, 3.05) is 19.8 Å². The first-order valence-electron chi connectivity index (χ1n) is 16.1. The van der Waals surface area contributed by atoms with Crippen LogP contribution in [0.2, 0.25) is 0 Å². The fourth-order valence-corrected chi connectivity index (χ4v) is 9.89. The molecule has 2 saturated heterocycles. The molecule has 11 nitrogen and oxygen atoms in total. The maximum absolute atomic E-state index is 12.5. The number of ether oxygens (including phenoxy) is 4. The van der Waals surface area contributed by atoms with Crippen LogP contribution in [0.25, 0.3) is 0 Å². The molecule has 11 heteroatoms. The number of fused-ring (bicyclic) bond motifs is 5. The Morgan fingerprint density at radius 2 is 1.77 bits per heavy atom. The number of hydrogen-bond donors (Lipinski definition) is 6. The van der Waals surface area contributed by atoms with Crippen LogP contribution in [0.15, 0.2) is 11.6 Å². The molecule has 43 heavy (non-hydrogen) atoms. The smallest absolute Gasteiger partial charge is 0.186 e. The molecule has 2 heterocycles. The van der Waals surface area contributed by atoms with Crippen molar-refractivity contribution in [3.8, 4) is 0 Å². The molecule has 6 aliphatic rings. The number of aliphatic hydroxyl groups excluding tert-OH is 5. The Morgan fingerprint density at radius 3 is 2.47 bits per heavy atom. The number of aliphatic hydroxyl groups is 6. The van der Waals surface area contributed by atoms with E-state index in [1.165, 1.54) is 5.57 Å². The normalized spacial score (nSPS) is 53.1. The van der Waals surface area contributed by atoms with Gasteiger partial charge in [-0.1, -0.05) is 25.5 Å². The maximum Gasteiger partial charge on any atom is 0.186 e. The van der Waals surface area contributed by atoms with Gasteiger partial charge in [0.25, 0.3) is 0 Å². The lowest BCUT2D eigenvalue weighted by Crippen LogP contribution is -2.60. The average Bonchev–Trinajstić information content (AvgIpc) is 3.49. The summed E-state index contributed by atoms with van der Waals surface area (Å²) in [6, 6.07) is 0. The first kappa shape index (κ1) is 32.0. The van der Waals surface area contributed by atoms with Crippen molar-refractivity contribution in [3.63, 3.8) is 0 Å². The predicted octanol–water partition coefficient (Wildman–Crippen LogP) is 0.804. The van der Waals surface area contributed by atoms with Gasteiger partial charge >= 0.3 is 0 Å². The van der Waals surface area contributed by atoms with Crippen LogP contribution in [-0.2, 0) is 23.7 Å². The van der Waals surface area contributed by atoms with Gasteiger partial charge in [-0.15, -0.1) is 0 Å². The van der Waals surface area contributed by atoms with Gasteiger partial charge in [-0.3, -0.25) is 4.79 Å². The molecule has 0 radical (unpaired) electrons. The summed E-state index contributed by atoms with van der Waals surface area (Å²) < 4.78 is 22.9. The minimum atomic E-state index is -1.85. The average molecular weight is 611 g/mol. The molecule has 0 spiro atoms. The molecule has 6 rings (SSSR count). The van der Waals surface area contributed by atoms with E-state index in [-0.39, 0.29) is 36.1 Å². The highest BCUT2D eigenvalue weighted by Gasteiger charge is 2.59. The van der Waals surface area contributed by atoms with Crippen LogP contribution in [0.5, 0.6) is 0 Å². The summed E-state index contributed by atoms with van der Waals surface area (Å²) in [6.45, 7) is 5.17. The molecule has 0 aromatic carbocycles. The van der Waals surface area contributed by atoms with E-state index in [2.05, 4.69) is 19.9 Å². The Bertz CT molecular complexity index is 1080. The fraction of sp³-hybridized carbons (Fsp3) is 0.906. The topological polar surface area (TPSA) is 175 Å². The second-order valence-corrected chi connectivity index (χ2v) is 14.8. The van der Waals surface area contributed by atoms with E-state index in [9.17, 15) is 35.4 Å². The van der Waals surface area contributed by atoms with Gasteiger partial charge in [0.1, 0.15) is 41.9 Å². The molecule has 3 saturated carbocycles. The van der Waals surface area contributed by atoms with E-state index in [0.29, 0.717) is 30.0 Å². The molecular weight excluding hydrogens is 560 g/mol. The third-order valence-corrected chi connectivity index (χ3v) is 12.5. The van der Waals surface area contributed by atoms with Crippen LogP contribution >= 0.6 is 0 Å². The largest absolute Gasteiger partial charge is 0.393 e.